The smallest absolute Gasteiger partial charge is 0.416 e. The third kappa shape index (κ3) is 9.18. The van der Waals surface area contributed by atoms with Gasteiger partial charge in [0.1, 0.15) is 17.6 Å². The van der Waals surface area contributed by atoms with Crippen molar-refractivity contribution >= 4 is 17.5 Å². The quantitative estimate of drug-likeness (QED) is 0.178. The Hall–Kier alpha value is -4.87. The van der Waals surface area contributed by atoms with Crippen LogP contribution in [0.2, 0.25) is 0 Å². The number of fused-ring (bicyclic) bond motifs is 1. The van der Waals surface area contributed by atoms with Gasteiger partial charge in [0.05, 0.1) is 35.9 Å². The lowest BCUT2D eigenvalue weighted by Crippen LogP contribution is -2.49. The Kier molecular flexibility index (Phi) is 11.3. The van der Waals surface area contributed by atoms with Crippen LogP contribution in [-0.4, -0.2) is 65.6 Å². The Morgan fingerprint density at radius 2 is 1.69 bits per heavy atom. The van der Waals surface area contributed by atoms with Crippen LogP contribution in [0.4, 0.5) is 18.9 Å². The van der Waals surface area contributed by atoms with Gasteiger partial charge in [-0.3, -0.25) is 14.5 Å². The zero-order chi connectivity index (χ0) is 35.1. The van der Waals surface area contributed by atoms with Crippen molar-refractivity contribution in [3.63, 3.8) is 0 Å². The van der Waals surface area contributed by atoms with Crippen LogP contribution in [0.15, 0.2) is 97.1 Å². The van der Waals surface area contributed by atoms with Crippen LogP contribution >= 0.6 is 0 Å². The number of carbonyl (C=O) groups is 2. The molecule has 0 saturated carbocycles. The molecular formula is C38H40F3N3O5. The van der Waals surface area contributed by atoms with E-state index in [0.29, 0.717) is 19.6 Å². The number of ether oxygens (including phenoxy) is 2. The number of anilines is 1. The number of likely N-dealkylation sites (N-methyl/N-ethyl adjacent to an activating group) is 1. The maximum Gasteiger partial charge on any atom is 0.416 e. The number of nitrogens with zero attached hydrogens (tertiary/aromatic N) is 2. The molecular weight excluding hydrogens is 635 g/mol. The van der Waals surface area contributed by atoms with E-state index < -0.39 is 29.8 Å². The lowest BCUT2D eigenvalue weighted by Gasteiger charge is -2.38. The van der Waals surface area contributed by atoms with Crippen LogP contribution in [0.3, 0.4) is 0 Å². The SMILES string of the molecule is CC(CO)N1C[C@@H](C)[C@@H](CN(C)Cc2ccc(Oc3ccccc3)cc2)Oc2c(NC(=O)Cc3cccc(C(F)(F)F)c3)cccc2C1=O. The monoisotopic (exact) mass is 675 g/mol. The summed E-state index contributed by atoms with van der Waals surface area (Å²) in [5, 5.41) is 12.8. The van der Waals surface area contributed by atoms with E-state index in [4.69, 9.17) is 9.47 Å². The van der Waals surface area contributed by atoms with Crippen LogP contribution in [0.5, 0.6) is 17.2 Å². The first-order valence-corrected chi connectivity index (χ1v) is 16.1. The maximum absolute atomic E-state index is 13.8. The van der Waals surface area contributed by atoms with Gasteiger partial charge in [0.25, 0.3) is 5.91 Å². The van der Waals surface area contributed by atoms with Gasteiger partial charge < -0.3 is 24.8 Å². The van der Waals surface area contributed by atoms with Gasteiger partial charge in [0.2, 0.25) is 5.91 Å². The number of para-hydroxylation sites is 2. The van der Waals surface area contributed by atoms with E-state index in [2.05, 4.69) is 10.2 Å². The van der Waals surface area contributed by atoms with Gasteiger partial charge in [-0.15, -0.1) is 0 Å². The van der Waals surface area contributed by atoms with Crippen molar-refractivity contribution in [3.05, 3.63) is 119 Å². The van der Waals surface area contributed by atoms with Crippen LogP contribution in [-0.2, 0) is 23.9 Å². The van der Waals surface area contributed by atoms with E-state index in [1.165, 1.54) is 12.1 Å². The zero-order valence-corrected chi connectivity index (χ0v) is 27.6. The second-order valence-electron chi connectivity index (χ2n) is 12.5. The minimum absolute atomic E-state index is 0.174. The molecule has 2 N–H and O–H groups in total. The molecule has 8 nitrogen and oxygen atoms in total. The van der Waals surface area contributed by atoms with Gasteiger partial charge in [-0.2, -0.15) is 13.2 Å². The molecule has 49 heavy (non-hydrogen) atoms. The fraction of sp³-hybridized carbons (Fsp3) is 0.316. The van der Waals surface area contributed by atoms with Crippen molar-refractivity contribution in [1.29, 1.82) is 0 Å². The number of amides is 2. The predicted octanol–water partition coefficient (Wildman–Crippen LogP) is 7.03. The van der Waals surface area contributed by atoms with E-state index >= 15 is 0 Å². The number of nitrogens with one attached hydrogen (secondary N) is 1. The molecule has 258 valence electrons. The van der Waals surface area contributed by atoms with Gasteiger partial charge in [-0.05, 0) is 67.6 Å². The molecule has 2 amide bonds. The number of halogens is 3. The van der Waals surface area contributed by atoms with Crippen molar-refractivity contribution in [3.8, 4) is 17.2 Å². The summed E-state index contributed by atoms with van der Waals surface area (Å²) in [5.74, 6) is 0.542. The highest BCUT2D eigenvalue weighted by molar-refractivity contribution is 6.02. The molecule has 0 fully saturated rings. The molecule has 1 heterocycles. The molecule has 11 heteroatoms. The molecule has 4 aromatic carbocycles. The summed E-state index contributed by atoms with van der Waals surface area (Å²) < 4.78 is 52.3. The van der Waals surface area contributed by atoms with E-state index in [0.717, 1.165) is 29.2 Å². The number of benzene rings is 4. The van der Waals surface area contributed by atoms with Gasteiger partial charge in [0, 0.05) is 25.6 Å². The van der Waals surface area contributed by atoms with Crippen LogP contribution in [0.25, 0.3) is 0 Å². The summed E-state index contributed by atoms with van der Waals surface area (Å²) in [4.78, 5) is 30.7. The number of hydrogen-bond acceptors (Lipinski definition) is 6. The number of carbonyl (C=O) groups excluding carboxylic acids is 2. The van der Waals surface area contributed by atoms with E-state index in [9.17, 15) is 27.9 Å². The molecule has 0 aromatic heterocycles. The highest BCUT2D eigenvalue weighted by atomic mass is 19.4. The fourth-order valence-electron chi connectivity index (χ4n) is 5.77. The number of aliphatic hydroxyl groups is 1. The average Bonchev–Trinajstić information content (AvgIpc) is 3.07. The summed E-state index contributed by atoms with van der Waals surface area (Å²) in [6.07, 6.45) is -5.29. The highest BCUT2D eigenvalue weighted by Crippen LogP contribution is 2.35. The van der Waals surface area contributed by atoms with Gasteiger partial charge >= 0.3 is 6.18 Å². The molecule has 0 saturated heterocycles. The topological polar surface area (TPSA) is 91.3 Å². The Morgan fingerprint density at radius 3 is 2.39 bits per heavy atom. The molecule has 0 bridgehead atoms. The third-order valence-electron chi connectivity index (χ3n) is 8.43. The Bertz CT molecular complexity index is 1730. The Balaban J connectivity index is 1.35. The zero-order valence-electron chi connectivity index (χ0n) is 27.6. The minimum atomic E-state index is -4.54. The third-order valence-corrected chi connectivity index (χ3v) is 8.43. The van der Waals surface area contributed by atoms with Crippen LogP contribution in [0, 0.1) is 5.92 Å². The van der Waals surface area contributed by atoms with E-state index in [1.54, 1.807) is 30.0 Å². The fourth-order valence-corrected chi connectivity index (χ4v) is 5.77. The molecule has 1 aliphatic rings. The molecule has 4 aromatic rings. The number of hydrogen-bond donors (Lipinski definition) is 2. The first-order valence-electron chi connectivity index (χ1n) is 16.1. The van der Waals surface area contributed by atoms with E-state index in [1.807, 2.05) is 68.6 Å². The Morgan fingerprint density at radius 1 is 1.00 bits per heavy atom. The molecule has 1 unspecified atom stereocenters. The normalized spacial score (nSPS) is 17.1. The van der Waals surface area contributed by atoms with Crippen molar-refractivity contribution in [1.82, 2.24) is 9.80 Å². The molecule has 1 aliphatic heterocycles. The summed E-state index contributed by atoms with van der Waals surface area (Å²) in [6.45, 7) is 4.88. The van der Waals surface area contributed by atoms with Crippen molar-refractivity contribution < 1.29 is 37.3 Å². The summed E-state index contributed by atoms with van der Waals surface area (Å²) in [7, 11) is 1.96. The van der Waals surface area contributed by atoms with Crippen LogP contribution in [0.1, 0.15) is 40.9 Å². The lowest BCUT2D eigenvalue weighted by atomic mass is 9.98. The highest BCUT2D eigenvalue weighted by Gasteiger charge is 2.35. The van der Waals surface area contributed by atoms with Crippen LogP contribution < -0.4 is 14.8 Å². The summed E-state index contributed by atoms with van der Waals surface area (Å²) in [5.41, 5.74) is 0.849. The molecule has 5 rings (SSSR count). The largest absolute Gasteiger partial charge is 0.486 e. The number of alkyl halides is 3. The van der Waals surface area contributed by atoms with Gasteiger partial charge in [-0.25, -0.2) is 0 Å². The van der Waals surface area contributed by atoms with Gasteiger partial charge in [-0.1, -0.05) is 61.5 Å². The molecule has 0 aliphatic carbocycles. The Labute approximate surface area is 284 Å². The average molecular weight is 676 g/mol. The second-order valence-corrected chi connectivity index (χ2v) is 12.5. The number of aliphatic hydroxyl groups excluding tert-OH is 1. The molecule has 3 atom stereocenters. The lowest BCUT2D eigenvalue weighted by molar-refractivity contribution is -0.137. The molecule has 0 spiro atoms. The van der Waals surface area contributed by atoms with Crippen molar-refractivity contribution in [2.75, 3.05) is 32.1 Å². The van der Waals surface area contributed by atoms with Gasteiger partial charge in [0.15, 0.2) is 5.75 Å². The first kappa shape index (κ1) is 35.4. The van der Waals surface area contributed by atoms with Crippen molar-refractivity contribution in [2.45, 2.75) is 45.1 Å². The number of rotatable bonds is 11. The summed E-state index contributed by atoms with van der Waals surface area (Å²) >= 11 is 0. The van der Waals surface area contributed by atoms with E-state index in [-0.39, 0.29) is 47.4 Å². The first-order chi connectivity index (χ1) is 23.4. The second kappa shape index (κ2) is 15.6. The minimum Gasteiger partial charge on any atom is -0.486 e. The molecule has 0 radical (unpaired) electrons. The maximum atomic E-state index is 13.8. The summed E-state index contributed by atoms with van der Waals surface area (Å²) in [6, 6.07) is 26.3. The predicted molar refractivity (Wildman–Crippen MR) is 181 cm³/mol. The van der Waals surface area contributed by atoms with Crippen molar-refractivity contribution in [2.24, 2.45) is 5.92 Å². The standard InChI is InChI=1S/C38H40F3N3O5/c1-25-21-44(26(2)24-45)37(47)32-13-8-14-33(42-35(46)20-28-9-7-10-29(19-28)38(39,40)41)36(32)49-34(25)23-43(3)22-27-15-17-31(18-16-27)48-30-11-5-4-6-12-30/h4-19,25-26,34,45H,20-24H2,1-3H3,(H,42,46)/t25-,26?,34-/m1/s1.